The maximum absolute atomic E-state index is 2.55. The van der Waals surface area contributed by atoms with Gasteiger partial charge in [0, 0.05) is 0 Å². The Balaban J connectivity index is -0.0000000984. The lowest BCUT2D eigenvalue weighted by atomic mass is 9.73. The molecular weight excluding hydrogens is 757 g/mol. The van der Waals surface area contributed by atoms with Crippen LogP contribution in [0.2, 0.25) is 0 Å². The van der Waals surface area contributed by atoms with Crippen LogP contribution in [-0.2, 0) is 0 Å². The molecule has 0 saturated carbocycles. The number of hydrogen-bond donors (Lipinski definition) is 0. The summed E-state index contributed by atoms with van der Waals surface area (Å²) in [4.78, 5) is 0. The molecule has 3 atom stereocenters. The van der Waals surface area contributed by atoms with E-state index in [0.29, 0.717) is 50.7 Å². The SMILES string of the molecule is C.C.C.C.C.C/C(=C\C(C)C(C)(C)C)C(C)C.C/C(=C\C(C)C)CC(C)(C)C.CC(C)/C=C/CC(C)(C)C.CC(C)C1=CC(C(C)(C)C)CC1.CC(C)C1=CC(C(C)(C)C)CCC1. The lowest BCUT2D eigenvalue weighted by Gasteiger charge is -2.33. The van der Waals surface area contributed by atoms with Gasteiger partial charge in [0.05, 0.1) is 0 Å². The summed E-state index contributed by atoms with van der Waals surface area (Å²) in [7, 11) is 0. The van der Waals surface area contributed by atoms with Crippen LogP contribution in [0.25, 0.3) is 0 Å². The van der Waals surface area contributed by atoms with Gasteiger partial charge in [0.25, 0.3) is 0 Å². The molecule has 0 aromatic heterocycles. The van der Waals surface area contributed by atoms with Crippen molar-refractivity contribution in [2.75, 3.05) is 0 Å². The van der Waals surface area contributed by atoms with Crippen LogP contribution in [0.3, 0.4) is 0 Å². The summed E-state index contributed by atoms with van der Waals surface area (Å²) < 4.78 is 0. The quantitative estimate of drug-likeness (QED) is 0.213. The molecule has 2 aliphatic carbocycles. The summed E-state index contributed by atoms with van der Waals surface area (Å²) in [5.41, 5.74) is 8.61. The summed E-state index contributed by atoms with van der Waals surface area (Å²) >= 11 is 0. The Morgan fingerprint density at radius 3 is 1.21 bits per heavy atom. The van der Waals surface area contributed by atoms with E-state index in [2.05, 4.69) is 230 Å². The van der Waals surface area contributed by atoms with Crippen LogP contribution in [0.1, 0.15) is 276 Å². The van der Waals surface area contributed by atoms with Gasteiger partial charge in [-0.05, 0) is 133 Å². The summed E-state index contributed by atoms with van der Waals surface area (Å²) in [6.07, 6.45) is 23.6. The molecule has 2 aliphatic rings. The fourth-order valence-corrected chi connectivity index (χ4v) is 7.02. The fraction of sp³-hybridized carbons (Fsp3) is 0.841. The molecule has 63 heavy (non-hydrogen) atoms. The third-order valence-corrected chi connectivity index (χ3v) is 11.7. The highest BCUT2D eigenvalue weighted by Gasteiger charge is 2.28. The zero-order chi connectivity index (χ0) is 46.6. The Labute approximate surface area is 407 Å². The standard InChI is InChI=1S/C13H24.C12H22.C12H24.C11H22.C10H20.5CH4/c1-10(2)11-7-6-8-12(9-11)13(3,4)5;1-9(2)10-6-7-11(8-10)12(3,4)5;1-9(2)10(3)8-11(4)12(5,6)7;1-9(2)7-10(3)8-11(4,5)6;1-9(2)7-6-8-10(3,4)5;;;;;/h9-10,12H,6-8H2,1-5H3;8-9,11H,6-7H2,1-5H3;8-9,11H,1-7H3;7,9H,8H2,1-6H3;6-7,9H,8H2,1-5H3;5*1H4/b;;10-8+;10-7+;7-6+;;;;;. The van der Waals surface area contributed by atoms with Crippen molar-refractivity contribution in [3.05, 3.63) is 58.7 Å². The normalized spacial score (nSPS) is 17.7. The first-order valence-corrected chi connectivity index (χ1v) is 24.2. The first-order chi connectivity index (χ1) is 25.8. The van der Waals surface area contributed by atoms with Crippen molar-refractivity contribution >= 4 is 0 Å². The van der Waals surface area contributed by atoms with E-state index in [1.165, 1.54) is 56.1 Å². The summed E-state index contributed by atoms with van der Waals surface area (Å²) in [5, 5.41) is 0. The van der Waals surface area contributed by atoms with Crippen molar-refractivity contribution in [1.82, 2.24) is 0 Å². The van der Waals surface area contributed by atoms with Crippen molar-refractivity contribution in [2.45, 2.75) is 276 Å². The lowest BCUT2D eigenvalue weighted by Crippen LogP contribution is -2.22. The fourth-order valence-electron chi connectivity index (χ4n) is 7.02. The molecule has 384 valence electrons. The molecule has 0 aromatic carbocycles. The van der Waals surface area contributed by atoms with E-state index in [4.69, 9.17) is 0 Å². The van der Waals surface area contributed by atoms with E-state index < -0.39 is 0 Å². The van der Waals surface area contributed by atoms with E-state index in [-0.39, 0.29) is 37.1 Å². The van der Waals surface area contributed by atoms with Crippen molar-refractivity contribution < 1.29 is 0 Å². The first-order valence-electron chi connectivity index (χ1n) is 24.2. The van der Waals surface area contributed by atoms with Crippen LogP contribution in [0.5, 0.6) is 0 Å². The molecule has 0 radical (unpaired) electrons. The average molecular weight is 890 g/mol. The van der Waals surface area contributed by atoms with Crippen LogP contribution in [0, 0.1) is 74.4 Å². The highest BCUT2D eigenvalue weighted by molar-refractivity contribution is 5.15. The van der Waals surface area contributed by atoms with Gasteiger partial charge in [-0.1, -0.05) is 276 Å². The molecule has 0 heteroatoms. The van der Waals surface area contributed by atoms with Gasteiger partial charge in [-0.2, -0.15) is 0 Å². The van der Waals surface area contributed by atoms with Crippen LogP contribution >= 0.6 is 0 Å². The number of hydrogen-bond acceptors (Lipinski definition) is 0. The highest BCUT2D eigenvalue weighted by atomic mass is 14.3. The number of rotatable bonds is 8. The molecule has 3 unspecified atom stereocenters. The first kappa shape index (κ1) is 78.8. The van der Waals surface area contributed by atoms with E-state index in [1.807, 2.05) is 0 Å². The van der Waals surface area contributed by atoms with E-state index >= 15 is 0 Å². The predicted molar refractivity (Wildman–Crippen MR) is 306 cm³/mol. The van der Waals surface area contributed by atoms with Gasteiger partial charge in [-0.25, -0.2) is 0 Å². The van der Waals surface area contributed by atoms with Gasteiger partial charge < -0.3 is 0 Å². The summed E-state index contributed by atoms with van der Waals surface area (Å²) in [6, 6.07) is 0. The Kier molecular flexibility index (Phi) is 44.8. The second-order valence-electron chi connectivity index (χ2n) is 25.8. The highest BCUT2D eigenvalue weighted by Crippen LogP contribution is 2.40. The topological polar surface area (TPSA) is 0 Å². The lowest BCUT2D eigenvalue weighted by molar-refractivity contribution is 0.261. The Bertz CT molecular complexity index is 1210. The molecule has 0 nitrogen and oxygen atoms in total. The average Bonchev–Trinajstić information content (AvgIpc) is 3.51. The minimum absolute atomic E-state index is 0. The second-order valence-corrected chi connectivity index (χ2v) is 25.8. The van der Waals surface area contributed by atoms with Gasteiger partial charge in [-0.3, -0.25) is 0 Å². The van der Waals surface area contributed by atoms with Crippen molar-refractivity contribution in [3.8, 4) is 0 Å². The predicted octanol–water partition coefficient (Wildman–Crippen LogP) is 23.6. The zero-order valence-corrected chi connectivity index (χ0v) is 45.5. The third kappa shape index (κ3) is 45.6. The minimum atomic E-state index is 0. The Morgan fingerprint density at radius 1 is 0.540 bits per heavy atom. The molecule has 0 bridgehead atoms. The molecule has 0 spiro atoms. The Morgan fingerprint density at radius 2 is 0.937 bits per heavy atom. The van der Waals surface area contributed by atoms with Crippen molar-refractivity contribution in [2.24, 2.45) is 74.4 Å². The maximum Gasteiger partial charge on any atom is -0.0179 e. The molecule has 0 heterocycles. The molecule has 2 rings (SSSR count). The molecule has 0 aliphatic heterocycles. The van der Waals surface area contributed by atoms with Crippen LogP contribution < -0.4 is 0 Å². The maximum atomic E-state index is 2.55. The van der Waals surface area contributed by atoms with E-state index in [1.54, 1.807) is 11.1 Å². The summed E-state index contributed by atoms with van der Waals surface area (Å²) in [6.45, 7) is 64.0. The van der Waals surface area contributed by atoms with Gasteiger partial charge in [0.2, 0.25) is 0 Å². The summed E-state index contributed by atoms with van der Waals surface area (Å²) in [5.74, 6) is 5.88. The van der Waals surface area contributed by atoms with Gasteiger partial charge in [-0.15, -0.1) is 0 Å². The van der Waals surface area contributed by atoms with Crippen molar-refractivity contribution in [1.29, 1.82) is 0 Å². The molecule has 0 fully saturated rings. The van der Waals surface area contributed by atoms with Gasteiger partial charge in [0.1, 0.15) is 0 Å². The van der Waals surface area contributed by atoms with Crippen LogP contribution in [0.15, 0.2) is 58.7 Å². The smallest absolute Gasteiger partial charge is 0.0179 e. The monoisotopic (exact) mass is 889 g/mol. The third-order valence-electron chi connectivity index (χ3n) is 11.7. The molecule has 0 N–H and O–H groups in total. The van der Waals surface area contributed by atoms with Gasteiger partial charge >= 0.3 is 0 Å². The largest absolute Gasteiger partial charge is 0.0878 e. The van der Waals surface area contributed by atoms with E-state index in [0.717, 1.165) is 23.7 Å². The molecular formula is C63H132. The second kappa shape index (κ2) is 35.8. The van der Waals surface area contributed by atoms with Crippen LogP contribution in [-0.4, -0.2) is 0 Å². The zero-order valence-electron chi connectivity index (χ0n) is 45.5. The molecule has 0 saturated heterocycles. The number of allylic oxidation sites excluding steroid dienone is 10. The van der Waals surface area contributed by atoms with Crippen LogP contribution in [0.4, 0.5) is 0 Å². The van der Waals surface area contributed by atoms with E-state index in [9.17, 15) is 0 Å². The van der Waals surface area contributed by atoms with Gasteiger partial charge in [0.15, 0.2) is 0 Å². The molecule has 0 aromatic rings. The Hall–Kier alpha value is -1.30. The molecule has 0 amide bonds. The minimum Gasteiger partial charge on any atom is -0.0878 e. The van der Waals surface area contributed by atoms with Crippen molar-refractivity contribution in [3.63, 3.8) is 0 Å².